The van der Waals surface area contributed by atoms with E-state index in [1.54, 1.807) is 0 Å². The van der Waals surface area contributed by atoms with Gasteiger partial charge in [-0.15, -0.1) is 0 Å². The molecule has 2 unspecified atom stereocenters. The van der Waals surface area contributed by atoms with Crippen molar-refractivity contribution in [2.75, 3.05) is 13.1 Å². The number of halogens is 1. The predicted octanol–water partition coefficient (Wildman–Crippen LogP) is 2.61. The molecule has 2 N–H and O–H groups in total. The van der Waals surface area contributed by atoms with Crippen molar-refractivity contribution in [3.8, 4) is 0 Å². The monoisotopic (exact) mass is 252 g/mol. The summed E-state index contributed by atoms with van der Waals surface area (Å²) in [7, 11) is 0. The Morgan fingerprint density at radius 3 is 3.00 bits per heavy atom. The Labute approximate surface area is 109 Å². The zero-order valence-electron chi connectivity index (χ0n) is 10.4. The lowest BCUT2D eigenvalue weighted by molar-refractivity contribution is 0.477. The van der Waals surface area contributed by atoms with E-state index in [0.29, 0.717) is 12.1 Å². The molecule has 0 radical (unpaired) electrons. The fraction of sp³-hybridized carbons (Fsp3) is 0.571. The molecule has 1 aliphatic rings. The molecule has 3 heteroatoms. The second-order valence-electron chi connectivity index (χ2n) is 4.90. The fourth-order valence-electron chi connectivity index (χ4n) is 2.34. The third kappa shape index (κ3) is 3.98. The quantitative estimate of drug-likeness (QED) is 0.842. The lowest BCUT2D eigenvalue weighted by Crippen LogP contribution is -2.39. The van der Waals surface area contributed by atoms with Gasteiger partial charge in [0.1, 0.15) is 0 Å². The Morgan fingerprint density at radius 2 is 2.29 bits per heavy atom. The summed E-state index contributed by atoms with van der Waals surface area (Å²) in [6.07, 6.45) is 3.60. The van der Waals surface area contributed by atoms with Crippen molar-refractivity contribution in [2.45, 2.75) is 38.3 Å². The van der Waals surface area contributed by atoms with Gasteiger partial charge in [0.05, 0.1) is 0 Å². The fourth-order valence-corrected chi connectivity index (χ4v) is 2.55. The van der Waals surface area contributed by atoms with Crippen LogP contribution >= 0.6 is 11.6 Å². The van der Waals surface area contributed by atoms with Gasteiger partial charge in [-0.2, -0.15) is 0 Å². The first-order chi connectivity index (χ1) is 8.25. The third-order valence-electron chi connectivity index (χ3n) is 3.36. The average molecular weight is 253 g/mol. The molecule has 1 fully saturated rings. The van der Waals surface area contributed by atoms with Crippen molar-refractivity contribution in [1.29, 1.82) is 0 Å². The highest BCUT2D eigenvalue weighted by atomic mass is 35.5. The third-order valence-corrected chi connectivity index (χ3v) is 3.73. The molecular formula is C14H21ClN2. The first-order valence-corrected chi connectivity index (χ1v) is 6.83. The maximum atomic E-state index is 6.16. The van der Waals surface area contributed by atoms with E-state index >= 15 is 0 Å². The van der Waals surface area contributed by atoms with Crippen LogP contribution in [-0.2, 0) is 6.42 Å². The molecule has 0 saturated carbocycles. The molecule has 0 spiro atoms. The van der Waals surface area contributed by atoms with Crippen molar-refractivity contribution in [1.82, 2.24) is 10.6 Å². The van der Waals surface area contributed by atoms with E-state index in [2.05, 4.69) is 23.6 Å². The number of nitrogens with one attached hydrogen (secondary N) is 2. The van der Waals surface area contributed by atoms with Gasteiger partial charge in [0.2, 0.25) is 0 Å². The van der Waals surface area contributed by atoms with Crippen molar-refractivity contribution >= 4 is 11.6 Å². The molecule has 2 atom stereocenters. The van der Waals surface area contributed by atoms with E-state index in [1.807, 2.05) is 18.2 Å². The summed E-state index contributed by atoms with van der Waals surface area (Å²) >= 11 is 6.16. The minimum absolute atomic E-state index is 0.470. The molecule has 0 amide bonds. The lowest BCUT2D eigenvalue weighted by atomic mass is 10.1. The molecule has 1 heterocycles. The minimum atomic E-state index is 0.470. The van der Waals surface area contributed by atoms with E-state index in [4.69, 9.17) is 11.6 Å². The highest BCUT2D eigenvalue weighted by molar-refractivity contribution is 6.31. The summed E-state index contributed by atoms with van der Waals surface area (Å²) in [5.41, 5.74) is 1.23. The highest BCUT2D eigenvalue weighted by Gasteiger charge is 2.14. The standard InChI is InChI=1S/C14H21ClN2/c1-11(17-10-13-6-4-8-16-13)9-12-5-2-3-7-14(12)15/h2-3,5,7,11,13,16-17H,4,6,8-10H2,1H3. The molecule has 0 aliphatic carbocycles. The van der Waals surface area contributed by atoms with Crippen LogP contribution < -0.4 is 10.6 Å². The smallest absolute Gasteiger partial charge is 0.0438 e. The number of rotatable bonds is 5. The maximum Gasteiger partial charge on any atom is 0.0438 e. The van der Waals surface area contributed by atoms with Gasteiger partial charge in [0.25, 0.3) is 0 Å². The average Bonchev–Trinajstić information content (AvgIpc) is 2.82. The van der Waals surface area contributed by atoms with Crippen LogP contribution in [0.15, 0.2) is 24.3 Å². The summed E-state index contributed by atoms with van der Waals surface area (Å²) in [5, 5.41) is 7.95. The Bertz CT molecular complexity index is 348. The van der Waals surface area contributed by atoms with Gasteiger partial charge in [-0.1, -0.05) is 29.8 Å². The highest BCUT2D eigenvalue weighted by Crippen LogP contribution is 2.16. The van der Waals surface area contributed by atoms with Gasteiger partial charge in [0.15, 0.2) is 0 Å². The summed E-state index contributed by atoms with van der Waals surface area (Å²) in [6, 6.07) is 9.22. The minimum Gasteiger partial charge on any atom is -0.313 e. The van der Waals surface area contributed by atoms with Crippen LogP contribution in [-0.4, -0.2) is 25.2 Å². The zero-order valence-corrected chi connectivity index (χ0v) is 11.1. The van der Waals surface area contributed by atoms with Crippen molar-refractivity contribution < 1.29 is 0 Å². The molecule has 2 rings (SSSR count). The largest absolute Gasteiger partial charge is 0.313 e. The van der Waals surface area contributed by atoms with Gasteiger partial charge < -0.3 is 10.6 Å². The van der Waals surface area contributed by atoms with Crippen LogP contribution in [0, 0.1) is 0 Å². The molecule has 1 aromatic rings. The number of benzene rings is 1. The summed E-state index contributed by atoms with van der Waals surface area (Å²) in [4.78, 5) is 0. The van der Waals surface area contributed by atoms with Crippen molar-refractivity contribution in [3.05, 3.63) is 34.9 Å². The Balaban J connectivity index is 1.76. The second kappa shape index (κ2) is 6.39. The molecule has 2 nitrogen and oxygen atoms in total. The first-order valence-electron chi connectivity index (χ1n) is 6.46. The zero-order chi connectivity index (χ0) is 12.1. The van der Waals surface area contributed by atoms with Crippen LogP contribution in [0.1, 0.15) is 25.3 Å². The van der Waals surface area contributed by atoms with Gasteiger partial charge in [0, 0.05) is 23.7 Å². The summed E-state index contributed by atoms with van der Waals surface area (Å²) < 4.78 is 0. The van der Waals surface area contributed by atoms with Crippen LogP contribution in [0.25, 0.3) is 0 Å². The van der Waals surface area contributed by atoms with E-state index < -0.39 is 0 Å². The van der Waals surface area contributed by atoms with Crippen LogP contribution in [0.5, 0.6) is 0 Å². The van der Waals surface area contributed by atoms with Gasteiger partial charge in [-0.25, -0.2) is 0 Å². The van der Waals surface area contributed by atoms with E-state index in [0.717, 1.165) is 18.0 Å². The Kier molecular flexibility index (Phi) is 4.84. The summed E-state index contributed by atoms with van der Waals surface area (Å²) in [6.45, 7) is 4.45. The van der Waals surface area contributed by atoms with Crippen LogP contribution in [0.2, 0.25) is 5.02 Å². The van der Waals surface area contributed by atoms with E-state index in [9.17, 15) is 0 Å². The van der Waals surface area contributed by atoms with Gasteiger partial charge >= 0.3 is 0 Å². The normalized spacial score (nSPS) is 21.6. The Hall–Kier alpha value is -0.570. The van der Waals surface area contributed by atoms with Crippen LogP contribution in [0.3, 0.4) is 0 Å². The molecule has 1 aliphatic heterocycles. The topological polar surface area (TPSA) is 24.1 Å². The molecular weight excluding hydrogens is 232 g/mol. The van der Waals surface area contributed by atoms with E-state index in [-0.39, 0.29) is 0 Å². The molecule has 1 aromatic carbocycles. The van der Waals surface area contributed by atoms with E-state index in [1.165, 1.54) is 24.9 Å². The molecule has 0 aromatic heterocycles. The van der Waals surface area contributed by atoms with Gasteiger partial charge in [-0.3, -0.25) is 0 Å². The Morgan fingerprint density at radius 1 is 1.47 bits per heavy atom. The molecule has 94 valence electrons. The van der Waals surface area contributed by atoms with Crippen LogP contribution in [0.4, 0.5) is 0 Å². The molecule has 0 bridgehead atoms. The number of hydrogen-bond donors (Lipinski definition) is 2. The number of hydrogen-bond acceptors (Lipinski definition) is 2. The first kappa shape index (κ1) is 12.9. The maximum absolute atomic E-state index is 6.16. The predicted molar refractivity (Wildman–Crippen MR) is 73.6 cm³/mol. The second-order valence-corrected chi connectivity index (χ2v) is 5.31. The SMILES string of the molecule is CC(Cc1ccccc1Cl)NCC1CCCN1. The van der Waals surface area contributed by atoms with Gasteiger partial charge in [-0.05, 0) is 44.4 Å². The summed E-state index contributed by atoms with van der Waals surface area (Å²) in [5.74, 6) is 0. The lowest BCUT2D eigenvalue weighted by Gasteiger charge is -2.18. The van der Waals surface area contributed by atoms with Crippen molar-refractivity contribution in [2.24, 2.45) is 0 Å². The molecule has 1 saturated heterocycles. The molecule has 17 heavy (non-hydrogen) atoms. The van der Waals surface area contributed by atoms with Crippen molar-refractivity contribution in [3.63, 3.8) is 0 Å².